The van der Waals surface area contributed by atoms with E-state index in [0.29, 0.717) is 31.6 Å². The minimum absolute atomic E-state index is 0.00636. The molecule has 1 rings (SSSR count). The Bertz CT molecular complexity index is 320. The van der Waals surface area contributed by atoms with E-state index in [4.69, 9.17) is 0 Å². The average Bonchev–Trinajstić information content (AvgIpc) is 2.29. The van der Waals surface area contributed by atoms with E-state index in [1.807, 2.05) is 0 Å². The smallest absolute Gasteiger partial charge is 0.250 e. The molecule has 0 aromatic carbocycles. The monoisotopic (exact) mass is 225 g/mol. The first-order valence-electron chi connectivity index (χ1n) is 5.13. The van der Waals surface area contributed by atoms with E-state index in [-0.39, 0.29) is 11.7 Å². The Balaban J connectivity index is 2.20. The van der Waals surface area contributed by atoms with Crippen molar-refractivity contribution in [3.63, 3.8) is 0 Å². The van der Waals surface area contributed by atoms with Crippen molar-refractivity contribution in [2.45, 2.75) is 19.8 Å². The zero-order valence-corrected chi connectivity index (χ0v) is 9.19. The summed E-state index contributed by atoms with van der Waals surface area (Å²) in [7, 11) is 0. The minimum Gasteiger partial charge on any atom is -0.352 e. The Hall–Kier alpha value is -1.62. The molecule has 5 heteroatoms. The van der Waals surface area contributed by atoms with Crippen molar-refractivity contribution in [2.75, 3.05) is 13.2 Å². The molecule has 1 amide bonds. The Labute approximate surface area is 94.0 Å². The molecule has 0 unspecified atom stereocenters. The van der Waals surface area contributed by atoms with Crippen molar-refractivity contribution < 1.29 is 19.4 Å². The van der Waals surface area contributed by atoms with Gasteiger partial charge in [-0.25, -0.2) is 0 Å². The predicted octanol–water partition coefficient (Wildman–Crippen LogP) is 0.874. The van der Waals surface area contributed by atoms with Crippen molar-refractivity contribution in [2.24, 2.45) is 0 Å². The second-order valence-electron chi connectivity index (χ2n) is 3.37. The molecule has 88 valence electrons. The van der Waals surface area contributed by atoms with E-state index in [9.17, 15) is 9.59 Å². The lowest BCUT2D eigenvalue weighted by atomic mass is 10.2. The van der Waals surface area contributed by atoms with Crippen LogP contribution >= 0.6 is 0 Å². The predicted molar refractivity (Wildman–Crippen MR) is 57.2 cm³/mol. The summed E-state index contributed by atoms with van der Waals surface area (Å²) < 4.78 is 0. The molecule has 0 saturated heterocycles. The molecule has 0 atom stereocenters. The van der Waals surface area contributed by atoms with Crippen LogP contribution in [-0.2, 0) is 19.4 Å². The Kier molecular flexibility index (Phi) is 5.28. The topological polar surface area (TPSA) is 64.6 Å². The van der Waals surface area contributed by atoms with Gasteiger partial charge in [-0.2, -0.15) is 4.89 Å². The summed E-state index contributed by atoms with van der Waals surface area (Å²) in [6.45, 7) is 2.38. The third-order valence-electron chi connectivity index (χ3n) is 1.95. The molecule has 0 radical (unpaired) electrons. The highest BCUT2D eigenvalue weighted by molar-refractivity contribution is 5.93. The molecule has 1 heterocycles. The zero-order chi connectivity index (χ0) is 11.8. The van der Waals surface area contributed by atoms with Crippen LogP contribution < -0.4 is 5.32 Å². The van der Waals surface area contributed by atoms with Gasteiger partial charge < -0.3 is 10.2 Å². The molecule has 16 heavy (non-hydrogen) atoms. The van der Waals surface area contributed by atoms with Crippen molar-refractivity contribution in [3.05, 3.63) is 24.0 Å². The number of carbonyl (C=O) groups excluding carboxylic acids is 2. The molecule has 1 aliphatic rings. The largest absolute Gasteiger partial charge is 0.352 e. The summed E-state index contributed by atoms with van der Waals surface area (Å²) in [5, 5.41) is 2.72. The number of allylic oxidation sites excluding steroid dienone is 1. The summed E-state index contributed by atoms with van der Waals surface area (Å²) >= 11 is 0. The molecule has 0 aromatic rings. The molecule has 1 aliphatic heterocycles. The molecule has 0 bridgehead atoms. The van der Waals surface area contributed by atoms with Gasteiger partial charge in [0.25, 0.3) is 5.91 Å². The molecule has 0 aliphatic carbocycles. The maximum atomic E-state index is 11.5. The number of hydrogen-bond acceptors (Lipinski definition) is 4. The van der Waals surface area contributed by atoms with Gasteiger partial charge in [-0.1, -0.05) is 6.08 Å². The van der Waals surface area contributed by atoms with Crippen LogP contribution in [0.4, 0.5) is 0 Å². The highest BCUT2D eigenvalue weighted by Crippen LogP contribution is 2.08. The third kappa shape index (κ3) is 4.75. The molecule has 1 N–H and O–H groups in total. The molecule has 0 saturated carbocycles. The molecule has 5 nitrogen and oxygen atoms in total. The minimum atomic E-state index is -0.153. The number of ketones is 1. The van der Waals surface area contributed by atoms with Crippen LogP contribution in [0.2, 0.25) is 0 Å². The number of hydrogen-bond donors (Lipinski definition) is 1. The third-order valence-corrected chi connectivity index (χ3v) is 1.95. The summed E-state index contributed by atoms with van der Waals surface area (Å²) in [4.78, 5) is 31.3. The van der Waals surface area contributed by atoms with Gasteiger partial charge in [0, 0.05) is 13.0 Å². The van der Waals surface area contributed by atoms with E-state index in [1.165, 1.54) is 19.3 Å². The first-order valence-corrected chi connectivity index (χ1v) is 5.13. The number of nitrogens with one attached hydrogen (secondary N) is 1. The molecule has 0 spiro atoms. The number of carbonyl (C=O) groups is 2. The highest BCUT2D eigenvalue weighted by atomic mass is 17.2. The first-order chi connectivity index (χ1) is 7.70. The molecular weight excluding hydrogens is 210 g/mol. The normalized spacial score (nSPS) is 15.4. The number of rotatable bonds is 5. The van der Waals surface area contributed by atoms with Gasteiger partial charge in [-0.05, 0) is 19.4 Å². The van der Waals surface area contributed by atoms with E-state index < -0.39 is 0 Å². The van der Waals surface area contributed by atoms with Gasteiger partial charge >= 0.3 is 0 Å². The lowest BCUT2D eigenvalue weighted by Crippen LogP contribution is -2.27. The fourth-order valence-electron chi connectivity index (χ4n) is 1.15. The second kappa shape index (κ2) is 6.79. The van der Waals surface area contributed by atoms with Crippen LogP contribution in [0.1, 0.15) is 19.8 Å². The van der Waals surface area contributed by atoms with E-state index >= 15 is 0 Å². The van der Waals surface area contributed by atoms with Crippen LogP contribution in [-0.4, -0.2) is 24.8 Å². The quantitative estimate of drug-likeness (QED) is 0.428. The van der Waals surface area contributed by atoms with Crippen molar-refractivity contribution >= 4 is 11.7 Å². The molecular formula is C11H15NO4. The molecule has 0 aromatic heterocycles. The van der Waals surface area contributed by atoms with Crippen molar-refractivity contribution in [1.29, 1.82) is 0 Å². The van der Waals surface area contributed by atoms with E-state index in [2.05, 4.69) is 15.1 Å². The Morgan fingerprint density at radius 2 is 2.38 bits per heavy atom. The Morgan fingerprint density at radius 3 is 3.00 bits per heavy atom. The highest BCUT2D eigenvalue weighted by Gasteiger charge is 2.12. The second-order valence-corrected chi connectivity index (χ2v) is 3.37. The summed E-state index contributed by atoms with van der Waals surface area (Å²) in [6.07, 6.45) is 5.72. The average molecular weight is 225 g/mol. The van der Waals surface area contributed by atoms with Gasteiger partial charge in [0.15, 0.2) is 5.78 Å². The number of amides is 1. The van der Waals surface area contributed by atoms with E-state index in [1.54, 1.807) is 6.08 Å². The van der Waals surface area contributed by atoms with Crippen LogP contribution in [0.5, 0.6) is 0 Å². The van der Waals surface area contributed by atoms with Crippen molar-refractivity contribution in [1.82, 2.24) is 5.32 Å². The van der Waals surface area contributed by atoms with Gasteiger partial charge in [0.1, 0.15) is 6.26 Å². The van der Waals surface area contributed by atoms with Crippen LogP contribution in [0.3, 0.4) is 0 Å². The SMILES string of the molecule is CC(=O)/C=C/CCNC(=O)C1=COOCC1. The van der Waals surface area contributed by atoms with Gasteiger partial charge in [-0.3, -0.25) is 9.59 Å². The van der Waals surface area contributed by atoms with Gasteiger partial charge in [0.2, 0.25) is 0 Å². The fourth-order valence-corrected chi connectivity index (χ4v) is 1.15. The first kappa shape index (κ1) is 12.4. The van der Waals surface area contributed by atoms with Crippen LogP contribution in [0.25, 0.3) is 0 Å². The van der Waals surface area contributed by atoms with Gasteiger partial charge in [-0.15, -0.1) is 0 Å². The van der Waals surface area contributed by atoms with Crippen LogP contribution in [0, 0.1) is 0 Å². The lowest BCUT2D eigenvalue weighted by molar-refractivity contribution is -0.256. The molecule has 0 fully saturated rings. The fraction of sp³-hybridized carbons (Fsp3) is 0.455. The lowest BCUT2D eigenvalue weighted by Gasteiger charge is -2.11. The summed E-state index contributed by atoms with van der Waals surface area (Å²) in [5.41, 5.74) is 0.571. The van der Waals surface area contributed by atoms with Gasteiger partial charge in [0.05, 0.1) is 12.2 Å². The standard InChI is InChI=1S/C11H15NO4/c1-9(13)4-2-3-6-12-11(14)10-5-7-15-16-8-10/h2,4,8H,3,5-7H2,1H3,(H,12,14)/b4-2+. The summed E-state index contributed by atoms with van der Waals surface area (Å²) in [6, 6.07) is 0. The van der Waals surface area contributed by atoms with E-state index in [0.717, 1.165) is 0 Å². The Morgan fingerprint density at radius 1 is 1.56 bits per heavy atom. The maximum absolute atomic E-state index is 11.5. The zero-order valence-electron chi connectivity index (χ0n) is 9.19. The maximum Gasteiger partial charge on any atom is 0.250 e. The summed E-state index contributed by atoms with van der Waals surface area (Å²) in [5.74, 6) is -0.147. The van der Waals surface area contributed by atoms with Crippen LogP contribution in [0.15, 0.2) is 24.0 Å². The van der Waals surface area contributed by atoms with Crippen molar-refractivity contribution in [3.8, 4) is 0 Å².